The van der Waals surface area contributed by atoms with E-state index in [4.69, 9.17) is 4.74 Å². The lowest BCUT2D eigenvalue weighted by Gasteiger charge is -2.31. The molecule has 0 amide bonds. The molecular formula is C20H19FN2O3S. The Morgan fingerprint density at radius 1 is 1.07 bits per heavy atom. The summed E-state index contributed by atoms with van der Waals surface area (Å²) in [5.74, 6) is -0.477. The van der Waals surface area contributed by atoms with Gasteiger partial charge in [0.15, 0.2) is 0 Å². The highest BCUT2D eigenvalue weighted by Crippen LogP contribution is 2.36. The van der Waals surface area contributed by atoms with Crippen molar-refractivity contribution < 1.29 is 17.5 Å². The smallest absolute Gasteiger partial charge is 0.210 e. The summed E-state index contributed by atoms with van der Waals surface area (Å²) in [5, 5.41) is 0.792. The van der Waals surface area contributed by atoms with Crippen molar-refractivity contribution in [3.8, 4) is 0 Å². The normalized spacial score (nSPS) is 15.3. The van der Waals surface area contributed by atoms with Crippen molar-refractivity contribution >= 4 is 26.4 Å². The SMILES string of the molecule is Cc1ccc2ncc(S(=O)(=O)c3ccc(F)cc3)c(N3CCOCC3)c2c1. The summed E-state index contributed by atoms with van der Waals surface area (Å²) in [7, 11) is -3.85. The number of benzene rings is 2. The third-order valence-corrected chi connectivity index (χ3v) is 6.47. The molecule has 1 aliphatic rings. The summed E-state index contributed by atoms with van der Waals surface area (Å²) in [6.07, 6.45) is 1.40. The highest BCUT2D eigenvalue weighted by Gasteiger charge is 2.27. The van der Waals surface area contributed by atoms with Crippen LogP contribution >= 0.6 is 0 Å². The van der Waals surface area contributed by atoms with E-state index in [2.05, 4.69) is 4.98 Å². The van der Waals surface area contributed by atoms with Crippen molar-refractivity contribution in [1.29, 1.82) is 0 Å². The number of morpholine rings is 1. The van der Waals surface area contributed by atoms with Gasteiger partial charge in [0.2, 0.25) is 9.84 Å². The number of halogens is 1. The molecule has 0 radical (unpaired) electrons. The standard InChI is InChI=1S/C20H19FN2O3S/c1-14-2-7-18-17(12-14)20(23-8-10-26-11-9-23)19(13-22-18)27(24,25)16-5-3-15(21)4-6-16/h2-7,12-13H,8-11H2,1H3. The monoisotopic (exact) mass is 386 g/mol. The Kier molecular flexibility index (Phi) is 4.57. The number of aryl methyl sites for hydroxylation is 1. The largest absolute Gasteiger partial charge is 0.378 e. The maximum atomic E-state index is 13.3. The maximum Gasteiger partial charge on any atom is 0.210 e. The molecule has 2 heterocycles. The lowest BCUT2D eigenvalue weighted by atomic mass is 10.1. The molecular weight excluding hydrogens is 367 g/mol. The fraction of sp³-hybridized carbons (Fsp3) is 0.250. The minimum Gasteiger partial charge on any atom is -0.378 e. The van der Waals surface area contributed by atoms with Crippen LogP contribution in [0.4, 0.5) is 10.1 Å². The summed E-state index contributed by atoms with van der Waals surface area (Å²) < 4.78 is 45.3. The molecule has 5 nitrogen and oxygen atoms in total. The number of ether oxygens (including phenoxy) is 1. The number of nitrogens with zero attached hydrogens (tertiary/aromatic N) is 2. The Bertz CT molecular complexity index is 1090. The molecule has 0 saturated carbocycles. The predicted octanol–water partition coefficient (Wildman–Crippen LogP) is 3.35. The van der Waals surface area contributed by atoms with E-state index in [1.807, 2.05) is 30.0 Å². The average Bonchev–Trinajstić information content (AvgIpc) is 2.68. The van der Waals surface area contributed by atoms with Crippen LogP contribution < -0.4 is 4.90 Å². The second-order valence-corrected chi connectivity index (χ2v) is 8.47. The van der Waals surface area contributed by atoms with Crippen molar-refractivity contribution in [2.45, 2.75) is 16.7 Å². The molecule has 1 fully saturated rings. The second-order valence-electron chi connectivity index (χ2n) is 6.55. The lowest BCUT2D eigenvalue weighted by molar-refractivity contribution is 0.122. The van der Waals surface area contributed by atoms with E-state index in [-0.39, 0.29) is 9.79 Å². The minimum absolute atomic E-state index is 0.0483. The van der Waals surface area contributed by atoms with Gasteiger partial charge in [0.1, 0.15) is 10.7 Å². The van der Waals surface area contributed by atoms with Crippen LogP contribution in [0, 0.1) is 12.7 Å². The van der Waals surface area contributed by atoms with Gasteiger partial charge in [-0.05, 0) is 43.3 Å². The van der Waals surface area contributed by atoms with Gasteiger partial charge in [-0.1, -0.05) is 11.6 Å². The first-order valence-corrected chi connectivity index (χ1v) is 10.2. The zero-order chi connectivity index (χ0) is 19.0. The van der Waals surface area contributed by atoms with E-state index in [1.54, 1.807) is 0 Å². The Morgan fingerprint density at radius 2 is 1.78 bits per heavy atom. The molecule has 0 N–H and O–H groups in total. The fourth-order valence-corrected chi connectivity index (χ4v) is 4.76. The van der Waals surface area contributed by atoms with Crippen LogP contribution in [0.5, 0.6) is 0 Å². The van der Waals surface area contributed by atoms with Crippen LogP contribution in [0.2, 0.25) is 0 Å². The molecule has 0 atom stereocenters. The molecule has 1 saturated heterocycles. The number of rotatable bonds is 3. The lowest BCUT2D eigenvalue weighted by Crippen LogP contribution is -2.37. The number of sulfone groups is 1. The van der Waals surface area contributed by atoms with Crippen molar-refractivity contribution in [1.82, 2.24) is 4.98 Å². The molecule has 0 spiro atoms. The first-order chi connectivity index (χ1) is 13.0. The molecule has 1 aliphatic heterocycles. The summed E-state index contributed by atoms with van der Waals surface area (Å²) in [5.41, 5.74) is 2.40. The molecule has 27 heavy (non-hydrogen) atoms. The van der Waals surface area contributed by atoms with Crippen molar-refractivity contribution in [2.24, 2.45) is 0 Å². The Balaban J connectivity index is 1.98. The summed E-state index contributed by atoms with van der Waals surface area (Å²) in [6.45, 7) is 4.22. The fourth-order valence-electron chi connectivity index (χ4n) is 3.32. The molecule has 7 heteroatoms. The predicted molar refractivity (Wildman–Crippen MR) is 101 cm³/mol. The molecule has 4 rings (SSSR count). The third kappa shape index (κ3) is 3.28. The zero-order valence-corrected chi connectivity index (χ0v) is 15.7. The highest BCUT2D eigenvalue weighted by atomic mass is 32.2. The van der Waals surface area contributed by atoms with Crippen molar-refractivity contribution in [3.63, 3.8) is 0 Å². The average molecular weight is 386 g/mol. The van der Waals surface area contributed by atoms with E-state index < -0.39 is 15.7 Å². The quantitative estimate of drug-likeness (QED) is 0.646. The minimum atomic E-state index is -3.85. The summed E-state index contributed by atoms with van der Waals surface area (Å²) >= 11 is 0. The Hall–Kier alpha value is -2.51. The van der Waals surface area contributed by atoms with Crippen LogP contribution in [0.25, 0.3) is 10.9 Å². The van der Waals surface area contributed by atoms with Gasteiger partial charge in [0, 0.05) is 24.7 Å². The Morgan fingerprint density at radius 3 is 2.48 bits per heavy atom. The van der Waals surface area contributed by atoms with Crippen LogP contribution in [0.3, 0.4) is 0 Å². The van der Waals surface area contributed by atoms with E-state index >= 15 is 0 Å². The van der Waals surface area contributed by atoms with Gasteiger partial charge in [-0.3, -0.25) is 4.98 Å². The first kappa shape index (κ1) is 17.9. The van der Waals surface area contributed by atoms with Crippen molar-refractivity contribution in [2.75, 3.05) is 31.2 Å². The number of hydrogen-bond acceptors (Lipinski definition) is 5. The molecule has 0 aliphatic carbocycles. The summed E-state index contributed by atoms with van der Waals surface area (Å²) in [4.78, 5) is 6.59. The topological polar surface area (TPSA) is 59.5 Å². The van der Waals surface area contributed by atoms with Gasteiger partial charge in [0.05, 0.1) is 29.3 Å². The van der Waals surface area contributed by atoms with Crippen LogP contribution in [-0.2, 0) is 14.6 Å². The van der Waals surface area contributed by atoms with Gasteiger partial charge >= 0.3 is 0 Å². The van der Waals surface area contributed by atoms with Gasteiger partial charge in [-0.15, -0.1) is 0 Å². The van der Waals surface area contributed by atoms with E-state index in [9.17, 15) is 12.8 Å². The van der Waals surface area contributed by atoms with Crippen LogP contribution in [0.1, 0.15) is 5.56 Å². The van der Waals surface area contributed by atoms with Crippen molar-refractivity contribution in [3.05, 3.63) is 60.0 Å². The second kappa shape index (κ2) is 6.90. The third-order valence-electron chi connectivity index (χ3n) is 4.70. The van der Waals surface area contributed by atoms with E-state index in [0.717, 1.165) is 28.6 Å². The van der Waals surface area contributed by atoms with Gasteiger partial charge in [-0.2, -0.15) is 0 Å². The van der Waals surface area contributed by atoms with Crippen LogP contribution in [-0.4, -0.2) is 39.7 Å². The molecule has 2 aromatic carbocycles. The molecule has 0 bridgehead atoms. The van der Waals surface area contributed by atoms with Gasteiger partial charge < -0.3 is 9.64 Å². The number of anilines is 1. The van der Waals surface area contributed by atoms with E-state index in [0.29, 0.717) is 32.0 Å². The van der Waals surface area contributed by atoms with Gasteiger partial charge in [0.25, 0.3) is 0 Å². The Labute approximate surface area is 157 Å². The molecule has 1 aromatic heterocycles. The molecule has 0 unspecified atom stereocenters. The van der Waals surface area contributed by atoms with Gasteiger partial charge in [-0.25, -0.2) is 12.8 Å². The number of fused-ring (bicyclic) bond motifs is 1. The maximum absolute atomic E-state index is 13.3. The number of pyridine rings is 1. The molecule has 140 valence electrons. The van der Waals surface area contributed by atoms with Crippen LogP contribution in [0.15, 0.2) is 58.5 Å². The first-order valence-electron chi connectivity index (χ1n) is 8.69. The zero-order valence-electron chi connectivity index (χ0n) is 14.9. The number of hydrogen-bond donors (Lipinski definition) is 0. The van der Waals surface area contributed by atoms with E-state index in [1.165, 1.54) is 18.3 Å². The summed E-state index contributed by atoms with van der Waals surface area (Å²) in [6, 6.07) is 10.7. The molecule has 3 aromatic rings. The number of aromatic nitrogens is 1. The highest BCUT2D eigenvalue weighted by molar-refractivity contribution is 7.91.